The van der Waals surface area contributed by atoms with Crippen LogP contribution in [0.1, 0.15) is 31.8 Å². The molecule has 0 radical (unpaired) electrons. The van der Waals surface area contributed by atoms with E-state index >= 15 is 0 Å². The Balaban J connectivity index is 1.66. The van der Waals surface area contributed by atoms with Gasteiger partial charge in [-0.2, -0.15) is 0 Å². The maximum Gasteiger partial charge on any atom is 0.347 e. The van der Waals surface area contributed by atoms with Gasteiger partial charge >= 0.3 is 5.97 Å². The second-order valence-electron chi connectivity index (χ2n) is 6.22. The van der Waals surface area contributed by atoms with Crippen LogP contribution in [0.2, 0.25) is 0 Å². The Bertz CT molecular complexity index is 1000. The molecule has 0 aliphatic carbocycles. The highest BCUT2D eigenvalue weighted by Gasteiger charge is 2.14. The summed E-state index contributed by atoms with van der Waals surface area (Å²) in [5.41, 5.74) is 2.98. The van der Waals surface area contributed by atoms with E-state index in [1.807, 2.05) is 31.2 Å². The van der Waals surface area contributed by atoms with E-state index in [4.69, 9.17) is 9.47 Å². The van der Waals surface area contributed by atoms with Crippen LogP contribution < -0.4 is 9.47 Å². The second kappa shape index (κ2) is 8.82. The summed E-state index contributed by atoms with van der Waals surface area (Å²) in [5.74, 6) is 0.162. The summed E-state index contributed by atoms with van der Waals surface area (Å²) in [4.78, 5) is 24.6. The van der Waals surface area contributed by atoms with Crippen molar-refractivity contribution in [3.05, 3.63) is 101 Å². The minimum Gasteiger partial charge on any atom is -0.496 e. The van der Waals surface area contributed by atoms with Gasteiger partial charge in [0, 0.05) is 5.56 Å². The summed E-state index contributed by atoms with van der Waals surface area (Å²) in [7, 11) is 1.50. The molecular formula is C24H20O4. The molecule has 3 rings (SSSR count). The first-order chi connectivity index (χ1) is 13.6. The van der Waals surface area contributed by atoms with Crippen LogP contribution in [0.3, 0.4) is 0 Å². The summed E-state index contributed by atoms with van der Waals surface area (Å²) in [6.07, 6.45) is 3.30. The van der Waals surface area contributed by atoms with Crippen molar-refractivity contribution in [2.75, 3.05) is 7.11 Å². The van der Waals surface area contributed by atoms with E-state index in [2.05, 4.69) is 0 Å². The number of ether oxygens (including phenoxy) is 2. The zero-order valence-electron chi connectivity index (χ0n) is 15.7. The molecular weight excluding hydrogens is 352 g/mol. The molecule has 28 heavy (non-hydrogen) atoms. The van der Waals surface area contributed by atoms with Gasteiger partial charge in [-0.15, -0.1) is 0 Å². The normalized spacial score (nSPS) is 10.6. The van der Waals surface area contributed by atoms with Gasteiger partial charge in [0.15, 0.2) is 5.78 Å². The lowest BCUT2D eigenvalue weighted by Gasteiger charge is -2.08. The van der Waals surface area contributed by atoms with Gasteiger partial charge in [-0.3, -0.25) is 4.79 Å². The third-order valence-electron chi connectivity index (χ3n) is 4.18. The lowest BCUT2D eigenvalue weighted by molar-refractivity contribution is 0.0731. The average molecular weight is 372 g/mol. The van der Waals surface area contributed by atoms with Gasteiger partial charge in [0.1, 0.15) is 17.1 Å². The molecule has 0 amide bonds. The number of esters is 1. The van der Waals surface area contributed by atoms with Gasteiger partial charge in [0.25, 0.3) is 0 Å². The predicted octanol–water partition coefficient (Wildman–Crippen LogP) is 5.12. The van der Waals surface area contributed by atoms with E-state index in [0.717, 1.165) is 5.56 Å². The number of para-hydroxylation sites is 1. The van der Waals surface area contributed by atoms with E-state index in [1.165, 1.54) is 18.7 Å². The lowest BCUT2D eigenvalue weighted by Crippen LogP contribution is -2.10. The summed E-state index contributed by atoms with van der Waals surface area (Å²) < 4.78 is 10.5. The number of aryl methyl sites for hydroxylation is 1. The third-order valence-corrected chi connectivity index (χ3v) is 4.18. The van der Waals surface area contributed by atoms with Crippen molar-refractivity contribution >= 4 is 17.8 Å². The van der Waals surface area contributed by atoms with Gasteiger partial charge in [0.2, 0.25) is 0 Å². The summed E-state index contributed by atoms with van der Waals surface area (Å²) in [6.45, 7) is 2.01. The van der Waals surface area contributed by atoms with Crippen LogP contribution in [0.25, 0.3) is 6.08 Å². The second-order valence-corrected chi connectivity index (χ2v) is 6.22. The molecule has 0 N–H and O–H groups in total. The molecule has 0 heterocycles. The lowest BCUT2D eigenvalue weighted by atomic mass is 10.1. The highest BCUT2D eigenvalue weighted by atomic mass is 16.5. The van der Waals surface area contributed by atoms with E-state index in [0.29, 0.717) is 22.6 Å². The fourth-order valence-corrected chi connectivity index (χ4v) is 2.61. The number of carbonyl (C=O) groups is 2. The number of methoxy groups -OCH3 is 1. The molecule has 0 saturated heterocycles. The maximum atomic E-state index is 12.3. The molecule has 0 atom stereocenters. The molecule has 0 aliphatic heterocycles. The SMILES string of the molecule is COc1ccccc1C(=O)Oc1ccc(C(=O)/C=C/c2ccc(C)cc2)cc1. The number of ketones is 1. The number of allylic oxidation sites excluding steroid dienone is 1. The minimum absolute atomic E-state index is 0.122. The van der Waals surface area contributed by atoms with Gasteiger partial charge in [-0.1, -0.05) is 48.0 Å². The predicted molar refractivity (Wildman–Crippen MR) is 109 cm³/mol. The summed E-state index contributed by atoms with van der Waals surface area (Å²) in [6, 6.07) is 21.2. The Kier molecular flexibility index (Phi) is 6.02. The first kappa shape index (κ1) is 19.1. The first-order valence-electron chi connectivity index (χ1n) is 8.81. The quantitative estimate of drug-likeness (QED) is 0.261. The molecule has 0 bridgehead atoms. The fourth-order valence-electron chi connectivity index (χ4n) is 2.61. The molecule has 0 aliphatic rings. The van der Waals surface area contributed by atoms with Gasteiger partial charge < -0.3 is 9.47 Å². The van der Waals surface area contributed by atoms with Crippen LogP contribution >= 0.6 is 0 Å². The van der Waals surface area contributed by atoms with Crippen molar-refractivity contribution in [1.82, 2.24) is 0 Å². The molecule has 0 saturated carbocycles. The third kappa shape index (κ3) is 4.74. The summed E-state index contributed by atoms with van der Waals surface area (Å²) in [5, 5.41) is 0. The van der Waals surface area contributed by atoms with E-state index in [-0.39, 0.29) is 5.78 Å². The summed E-state index contributed by atoms with van der Waals surface area (Å²) >= 11 is 0. The minimum atomic E-state index is -0.518. The number of benzene rings is 3. The highest BCUT2D eigenvalue weighted by molar-refractivity contribution is 6.06. The Morgan fingerprint density at radius 3 is 2.21 bits per heavy atom. The fraction of sp³-hybridized carbons (Fsp3) is 0.0833. The van der Waals surface area contributed by atoms with Crippen LogP contribution in [-0.2, 0) is 0 Å². The molecule has 0 spiro atoms. The molecule has 3 aromatic carbocycles. The van der Waals surface area contributed by atoms with E-state index in [9.17, 15) is 9.59 Å². The molecule has 4 nitrogen and oxygen atoms in total. The Morgan fingerprint density at radius 1 is 0.857 bits per heavy atom. The van der Waals surface area contributed by atoms with Crippen LogP contribution in [0.5, 0.6) is 11.5 Å². The van der Waals surface area contributed by atoms with E-state index in [1.54, 1.807) is 54.6 Å². The van der Waals surface area contributed by atoms with Crippen LogP contribution in [-0.4, -0.2) is 18.9 Å². The van der Waals surface area contributed by atoms with Crippen molar-refractivity contribution in [1.29, 1.82) is 0 Å². The van der Waals surface area contributed by atoms with Crippen LogP contribution in [0.4, 0.5) is 0 Å². The smallest absolute Gasteiger partial charge is 0.347 e. The number of rotatable bonds is 6. The van der Waals surface area contributed by atoms with Gasteiger partial charge in [-0.05, 0) is 55.0 Å². The zero-order valence-corrected chi connectivity index (χ0v) is 15.7. The van der Waals surface area contributed by atoms with Crippen molar-refractivity contribution < 1.29 is 19.1 Å². The average Bonchev–Trinajstić information content (AvgIpc) is 2.73. The van der Waals surface area contributed by atoms with Crippen LogP contribution in [0.15, 0.2) is 78.9 Å². The number of carbonyl (C=O) groups excluding carboxylic acids is 2. The molecule has 3 aromatic rings. The molecule has 0 fully saturated rings. The molecule has 0 aromatic heterocycles. The largest absolute Gasteiger partial charge is 0.496 e. The highest BCUT2D eigenvalue weighted by Crippen LogP contribution is 2.21. The van der Waals surface area contributed by atoms with E-state index < -0.39 is 5.97 Å². The standard InChI is InChI=1S/C24H20O4/c1-17-7-9-18(10-8-17)11-16-22(25)19-12-14-20(15-13-19)28-24(26)21-5-3-4-6-23(21)27-2/h3-16H,1-2H3/b16-11+. The van der Waals surface area contributed by atoms with Gasteiger partial charge in [0.05, 0.1) is 7.11 Å². The van der Waals surface area contributed by atoms with Crippen molar-refractivity contribution in [3.63, 3.8) is 0 Å². The Morgan fingerprint density at radius 2 is 1.54 bits per heavy atom. The Labute approximate surface area is 164 Å². The van der Waals surface area contributed by atoms with Gasteiger partial charge in [-0.25, -0.2) is 4.79 Å². The number of hydrogen-bond acceptors (Lipinski definition) is 4. The molecule has 4 heteroatoms. The van der Waals surface area contributed by atoms with Crippen molar-refractivity contribution in [2.45, 2.75) is 6.92 Å². The van der Waals surface area contributed by atoms with Crippen LogP contribution in [0, 0.1) is 6.92 Å². The van der Waals surface area contributed by atoms with Crippen molar-refractivity contribution in [3.8, 4) is 11.5 Å². The Hall–Kier alpha value is -3.66. The zero-order chi connectivity index (χ0) is 19.9. The molecule has 140 valence electrons. The first-order valence-corrected chi connectivity index (χ1v) is 8.81. The van der Waals surface area contributed by atoms with Crippen molar-refractivity contribution in [2.24, 2.45) is 0 Å². The molecule has 0 unspecified atom stereocenters. The topological polar surface area (TPSA) is 52.6 Å². The maximum absolute atomic E-state index is 12.3. The monoisotopic (exact) mass is 372 g/mol. The number of hydrogen-bond donors (Lipinski definition) is 0.